The average Bonchev–Trinajstić information content (AvgIpc) is 2.68. The van der Waals surface area contributed by atoms with Crippen LogP contribution in [0, 0.1) is 0 Å². The van der Waals surface area contributed by atoms with Gasteiger partial charge in [-0.25, -0.2) is 4.39 Å². The largest absolute Gasteiger partial charge is 0.500 e. The molecule has 1 unspecified atom stereocenters. The molecule has 0 aromatic heterocycles. The third-order valence-corrected chi connectivity index (χ3v) is 10.2. The summed E-state index contributed by atoms with van der Waals surface area (Å²) in [6, 6.07) is 0.931. The standard InChI is InChI=1S/C16H37FO8Si2/c1-15(18)14-25-16(17,10-8-12-26(19-2,20-3)21-4)11-9-13-27(22-5,23-6)24-7/h15,18H,8-14H2,1-7H3. The lowest BCUT2D eigenvalue weighted by Gasteiger charge is -2.30. The van der Waals surface area contributed by atoms with Crippen LogP contribution in [0.3, 0.4) is 0 Å². The first-order valence-electron chi connectivity index (χ1n) is 9.01. The van der Waals surface area contributed by atoms with E-state index < -0.39 is 29.6 Å². The number of hydrogen-bond donors (Lipinski definition) is 1. The molecule has 164 valence electrons. The SMILES string of the molecule is CO[Si](CCCC(F)(CCC[Si](OC)(OC)OC)OCC(C)O)(OC)OC. The number of aliphatic hydroxyl groups excluding tert-OH is 1. The first-order valence-corrected chi connectivity index (χ1v) is 12.9. The minimum Gasteiger partial charge on any atom is -0.391 e. The van der Waals surface area contributed by atoms with Crippen molar-refractivity contribution in [2.24, 2.45) is 0 Å². The van der Waals surface area contributed by atoms with Gasteiger partial charge in [0.2, 0.25) is 5.85 Å². The van der Waals surface area contributed by atoms with E-state index in [1.807, 2.05) is 0 Å². The van der Waals surface area contributed by atoms with Gasteiger partial charge in [0, 0.05) is 67.6 Å². The molecular weight excluding hydrogens is 395 g/mol. The van der Waals surface area contributed by atoms with Crippen LogP contribution in [0.1, 0.15) is 32.6 Å². The minimum atomic E-state index is -2.77. The maximum atomic E-state index is 15.4. The van der Waals surface area contributed by atoms with Crippen LogP contribution >= 0.6 is 0 Å². The molecule has 27 heavy (non-hydrogen) atoms. The summed E-state index contributed by atoms with van der Waals surface area (Å²) in [5, 5.41) is 9.46. The highest BCUT2D eigenvalue weighted by Crippen LogP contribution is 2.31. The summed E-state index contributed by atoms with van der Waals surface area (Å²) in [5.74, 6) is -1.89. The lowest BCUT2D eigenvalue weighted by molar-refractivity contribution is -0.170. The van der Waals surface area contributed by atoms with Gasteiger partial charge < -0.3 is 36.4 Å². The zero-order valence-electron chi connectivity index (χ0n) is 17.7. The Morgan fingerprint density at radius 2 is 1.11 bits per heavy atom. The summed E-state index contributed by atoms with van der Waals surface area (Å²) >= 11 is 0. The van der Waals surface area contributed by atoms with Gasteiger partial charge >= 0.3 is 17.6 Å². The van der Waals surface area contributed by atoms with Gasteiger partial charge in [-0.1, -0.05) is 0 Å². The van der Waals surface area contributed by atoms with Gasteiger partial charge in [0.1, 0.15) is 0 Å². The van der Waals surface area contributed by atoms with E-state index in [0.717, 1.165) is 0 Å². The van der Waals surface area contributed by atoms with Crippen LogP contribution in [0.25, 0.3) is 0 Å². The molecule has 11 heteroatoms. The van der Waals surface area contributed by atoms with Crippen molar-refractivity contribution in [3.05, 3.63) is 0 Å². The fraction of sp³-hybridized carbons (Fsp3) is 1.00. The van der Waals surface area contributed by atoms with Crippen molar-refractivity contribution < 1.29 is 40.8 Å². The Bertz CT molecular complexity index is 339. The number of aliphatic hydroxyl groups is 1. The molecule has 0 saturated heterocycles. The number of alkyl halides is 1. The van der Waals surface area contributed by atoms with Gasteiger partial charge in [0.25, 0.3) is 0 Å². The molecule has 0 aliphatic carbocycles. The molecule has 0 heterocycles. The molecule has 0 aromatic carbocycles. The van der Waals surface area contributed by atoms with Crippen LogP contribution in [-0.2, 0) is 31.3 Å². The molecule has 0 aromatic rings. The van der Waals surface area contributed by atoms with Gasteiger partial charge in [-0.05, 0) is 19.8 Å². The summed E-state index contributed by atoms with van der Waals surface area (Å²) in [5.41, 5.74) is 0. The van der Waals surface area contributed by atoms with Crippen molar-refractivity contribution in [1.82, 2.24) is 0 Å². The summed E-state index contributed by atoms with van der Waals surface area (Å²) in [6.45, 7) is 1.47. The second-order valence-corrected chi connectivity index (χ2v) is 12.5. The third kappa shape index (κ3) is 9.39. The number of rotatable bonds is 17. The molecule has 0 spiro atoms. The van der Waals surface area contributed by atoms with Crippen LogP contribution in [0.4, 0.5) is 4.39 Å². The molecule has 8 nitrogen and oxygen atoms in total. The summed E-state index contributed by atoms with van der Waals surface area (Å²) in [4.78, 5) is 0. The highest BCUT2D eigenvalue weighted by atomic mass is 28.4. The van der Waals surface area contributed by atoms with Gasteiger partial charge in [-0.2, -0.15) is 0 Å². The van der Waals surface area contributed by atoms with E-state index in [-0.39, 0.29) is 19.4 Å². The van der Waals surface area contributed by atoms with Crippen molar-refractivity contribution >= 4 is 17.6 Å². The van der Waals surface area contributed by atoms with Crippen LogP contribution in [-0.4, -0.2) is 83.9 Å². The lowest BCUT2D eigenvalue weighted by atomic mass is 10.1. The fourth-order valence-electron chi connectivity index (χ4n) is 2.79. The van der Waals surface area contributed by atoms with Crippen LogP contribution in [0.15, 0.2) is 0 Å². The van der Waals surface area contributed by atoms with E-state index in [4.69, 9.17) is 31.3 Å². The number of halogens is 1. The highest BCUT2D eigenvalue weighted by molar-refractivity contribution is 6.60. The zero-order valence-corrected chi connectivity index (χ0v) is 19.7. The lowest BCUT2D eigenvalue weighted by Crippen LogP contribution is -2.43. The van der Waals surface area contributed by atoms with Crippen LogP contribution in [0.5, 0.6) is 0 Å². The predicted molar refractivity (Wildman–Crippen MR) is 103 cm³/mol. The summed E-state index contributed by atoms with van der Waals surface area (Å²) < 4.78 is 53.0. The monoisotopic (exact) mass is 432 g/mol. The first kappa shape index (κ1) is 27.0. The average molecular weight is 433 g/mol. The van der Waals surface area contributed by atoms with Crippen molar-refractivity contribution in [3.8, 4) is 0 Å². The van der Waals surface area contributed by atoms with Crippen molar-refractivity contribution in [2.75, 3.05) is 49.3 Å². The maximum absolute atomic E-state index is 15.4. The summed E-state index contributed by atoms with van der Waals surface area (Å²) in [7, 11) is 3.61. The quantitative estimate of drug-likeness (QED) is 0.351. The predicted octanol–water partition coefficient (Wildman–Crippen LogP) is 2.37. The Morgan fingerprint density at radius 1 is 0.778 bits per heavy atom. The normalized spacial score (nSPS) is 14.6. The zero-order chi connectivity index (χ0) is 21.0. The molecule has 0 bridgehead atoms. The van der Waals surface area contributed by atoms with E-state index in [1.54, 1.807) is 6.92 Å². The maximum Gasteiger partial charge on any atom is 0.500 e. The second-order valence-electron chi connectivity index (χ2n) is 6.34. The second kappa shape index (κ2) is 13.3. The number of hydrogen-bond acceptors (Lipinski definition) is 8. The molecule has 0 saturated carbocycles. The van der Waals surface area contributed by atoms with Gasteiger partial charge in [-0.15, -0.1) is 0 Å². The van der Waals surface area contributed by atoms with Gasteiger partial charge in [0.15, 0.2) is 0 Å². The molecule has 0 rings (SSSR count). The van der Waals surface area contributed by atoms with Crippen molar-refractivity contribution in [3.63, 3.8) is 0 Å². The van der Waals surface area contributed by atoms with Crippen molar-refractivity contribution in [1.29, 1.82) is 0 Å². The topological polar surface area (TPSA) is 84.8 Å². The highest BCUT2D eigenvalue weighted by Gasteiger charge is 2.41. The van der Waals surface area contributed by atoms with Crippen LogP contribution < -0.4 is 0 Å². The molecule has 0 aliphatic heterocycles. The van der Waals surface area contributed by atoms with Gasteiger partial charge in [0.05, 0.1) is 12.7 Å². The molecule has 1 N–H and O–H groups in total. The smallest absolute Gasteiger partial charge is 0.391 e. The Morgan fingerprint density at radius 3 is 1.37 bits per heavy atom. The van der Waals surface area contributed by atoms with E-state index in [9.17, 15) is 5.11 Å². The molecular formula is C16H37FO8Si2. The van der Waals surface area contributed by atoms with Gasteiger partial charge in [-0.3, -0.25) is 0 Å². The van der Waals surface area contributed by atoms with E-state index in [2.05, 4.69) is 0 Å². The van der Waals surface area contributed by atoms with Crippen LogP contribution in [0.2, 0.25) is 12.1 Å². The fourth-order valence-corrected chi connectivity index (χ4v) is 6.23. The molecule has 0 aliphatic rings. The Kier molecular flexibility index (Phi) is 13.3. The number of ether oxygens (including phenoxy) is 1. The molecule has 0 radical (unpaired) electrons. The Balaban J connectivity index is 4.84. The molecule has 1 atom stereocenters. The first-order chi connectivity index (χ1) is 12.7. The minimum absolute atomic E-state index is 0.0840. The molecule has 0 amide bonds. The van der Waals surface area contributed by atoms with E-state index in [0.29, 0.717) is 24.9 Å². The molecule has 0 fully saturated rings. The van der Waals surface area contributed by atoms with E-state index >= 15 is 4.39 Å². The third-order valence-electron chi connectivity index (χ3n) is 4.52. The van der Waals surface area contributed by atoms with Crippen molar-refractivity contribution in [2.45, 2.75) is 56.7 Å². The Labute approximate surface area is 164 Å². The Hall–Kier alpha value is 0.0438. The van der Waals surface area contributed by atoms with E-state index in [1.165, 1.54) is 42.7 Å². The summed E-state index contributed by atoms with van der Waals surface area (Å²) in [6.07, 6.45) is 0.424.